The van der Waals surface area contributed by atoms with Crippen molar-refractivity contribution in [3.63, 3.8) is 0 Å². The highest BCUT2D eigenvalue weighted by atomic mass is 16.5. The molecule has 7 heteroatoms. The second-order valence-electron chi connectivity index (χ2n) is 6.83. The summed E-state index contributed by atoms with van der Waals surface area (Å²) < 4.78 is 12.7. The van der Waals surface area contributed by atoms with Gasteiger partial charge in [-0.05, 0) is 29.8 Å². The van der Waals surface area contributed by atoms with Crippen LogP contribution in [0.2, 0.25) is 0 Å². The van der Waals surface area contributed by atoms with E-state index < -0.39 is 0 Å². The van der Waals surface area contributed by atoms with Gasteiger partial charge in [-0.3, -0.25) is 14.5 Å². The molecule has 0 aliphatic heterocycles. The molecule has 0 aliphatic rings. The number of hydrogen-bond donors (Lipinski definition) is 1. The van der Waals surface area contributed by atoms with Gasteiger partial charge in [0.1, 0.15) is 23.8 Å². The van der Waals surface area contributed by atoms with Gasteiger partial charge in [0.25, 0.3) is 5.91 Å². The molecule has 4 rings (SSSR count). The van der Waals surface area contributed by atoms with Crippen molar-refractivity contribution >= 4 is 17.8 Å². The van der Waals surface area contributed by atoms with Crippen molar-refractivity contribution in [2.75, 3.05) is 0 Å². The quantitative estimate of drug-likeness (QED) is 0.437. The maximum atomic E-state index is 12.7. The van der Waals surface area contributed by atoms with Gasteiger partial charge in [-0.25, -0.2) is 0 Å². The fraction of sp³-hybridized carbons (Fsp3) is 0.125. The van der Waals surface area contributed by atoms with Crippen LogP contribution < -0.4 is 10.1 Å². The van der Waals surface area contributed by atoms with Gasteiger partial charge in [-0.2, -0.15) is 5.10 Å². The molecule has 156 valence electrons. The number of hydrogen-bond acceptors (Lipinski definition) is 5. The first-order valence-electron chi connectivity index (χ1n) is 9.83. The standard InChI is InChI=1S/C24H22N4O3/c1-28-23(24(29)26-15-20-11-7-13-30-20)21(16-27-28)25-14-19-10-5-6-12-22(19)31-17-18-8-3-2-4-9-18/h2-14,16H,15,17H2,1H3,(H,26,29). The van der Waals surface area contributed by atoms with Crippen LogP contribution in [0, 0.1) is 0 Å². The molecular formula is C24H22N4O3. The SMILES string of the molecule is Cn1ncc(N=Cc2ccccc2OCc2ccccc2)c1C(=O)NCc1ccco1. The average Bonchev–Trinajstić information content (AvgIpc) is 3.45. The fourth-order valence-corrected chi connectivity index (χ4v) is 3.04. The van der Waals surface area contributed by atoms with Crippen molar-refractivity contribution in [1.29, 1.82) is 0 Å². The number of rotatable bonds is 8. The highest BCUT2D eigenvalue weighted by Crippen LogP contribution is 2.21. The average molecular weight is 414 g/mol. The van der Waals surface area contributed by atoms with Crippen LogP contribution >= 0.6 is 0 Å². The summed E-state index contributed by atoms with van der Waals surface area (Å²) in [6.45, 7) is 0.745. The Bertz CT molecular complexity index is 1160. The molecule has 2 aromatic heterocycles. The second kappa shape index (κ2) is 9.58. The van der Waals surface area contributed by atoms with Crippen molar-refractivity contribution in [1.82, 2.24) is 15.1 Å². The van der Waals surface area contributed by atoms with E-state index in [0.29, 0.717) is 29.5 Å². The first kappa shape index (κ1) is 20.2. The Hall–Kier alpha value is -4.13. The van der Waals surface area contributed by atoms with Crippen molar-refractivity contribution in [2.24, 2.45) is 12.0 Å². The number of aryl methyl sites for hydroxylation is 1. The predicted molar refractivity (Wildman–Crippen MR) is 118 cm³/mol. The van der Waals surface area contributed by atoms with Crippen LogP contribution in [0.15, 0.2) is 88.6 Å². The first-order chi connectivity index (χ1) is 15.2. The van der Waals surface area contributed by atoms with Gasteiger partial charge >= 0.3 is 0 Å². The molecule has 31 heavy (non-hydrogen) atoms. The largest absolute Gasteiger partial charge is 0.488 e. The molecule has 1 amide bonds. The number of aliphatic imine (C=N–C) groups is 1. The van der Waals surface area contributed by atoms with E-state index in [0.717, 1.165) is 11.1 Å². The molecule has 0 spiro atoms. The monoisotopic (exact) mass is 414 g/mol. The minimum absolute atomic E-state index is 0.280. The fourth-order valence-electron chi connectivity index (χ4n) is 3.04. The van der Waals surface area contributed by atoms with Crippen LogP contribution in [0.5, 0.6) is 5.75 Å². The molecule has 2 heterocycles. The Morgan fingerprint density at radius 3 is 2.74 bits per heavy atom. The van der Waals surface area contributed by atoms with Crippen LogP contribution in [0.3, 0.4) is 0 Å². The molecular weight excluding hydrogens is 392 g/mol. The zero-order chi connectivity index (χ0) is 21.5. The number of para-hydroxylation sites is 1. The van der Waals surface area contributed by atoms with E-state index >= 15 is 0 Å². The van der Waals surface area contributed by atoms with E-state index in [-0.39, 0.29) is 12.5 Å². The minimum Gasteiger partial charge on any atom is -0.488 e. The highest BCUT2D eigenvalue weighted by Gasteiger charge is 2.16. The summed E-state index contributed by atoms with van der Waals surface area (Å²) in [5.41, 5.74) is 2.73. The summed E-state index contributed by atoms with van der Waals surface area (Å²) in [6, 6.07) is 21.2. The summed E-state index contributed by atoms with van der Waals surface area (Å²) in [5, 5.41) is 7.01. The normalized spacial score (nSPS) is 11.0. The smallest absolute Gasteiger partial charge is 0.272 e. The van der Waals surface area contributed by atoms with Gasteiger partial charge < -0.3 is 14.5 Å². The van der Waals surface area contributed by atoms with Crippen LogP contribution in [-0.2, 0) is 20.2 Å². The zero-order valence-corrected chi connectivity index (χ0v) is 17.1. The first-order valence-corrected chi connectivity index (χ1v) is 9.83. The Balaban J connectivity index is 1.48. The van der Waals surface area contributed by atoms with E-state index in [1.165, 1.54) is 4.68 Å². The second-order valence-corrected chi connectivity index (χ2v) is 6.83. The lowest BCUT2D eigenvalue weighted by atomic mass is 10.2. The molecule has 0 saturated heterocycles. The maximum absolute atomic E-state index is 12.7. The molecule has 0 atom stereocenters. The number of furan rings is 1. The molecule has 1 N–H and O–H groups in total. The van der Waals surface area contributed by atoms with Crippen molar-refractivity contribution in [3.05, 3.63) is 102 Å². The third-order valence-electron chi connectivity index (χ3n) is 4.64. The van der Waals surface area contributed by atoms with Gasteiger partial charge in [-0.1, -0.05) is 42.5 Å². The van der Waals surface area contributed by atoms with Gasteiger partial charge in [0.2, 0.25) is 0 Å². The molecule has 0 unspecified atom stereocenters. The van der Waals surface area contributed by atoms with E-state index in [1.54, 1.807) is 37.9 Å². The van der Waals surface area contributed by atoms with E-state index in [9.17, 15) is 4.79 Å². The number of ether oxygens (including phenoxy) is 1. The van der Waals surface area contributed by atoms with Crippen molar-refractivity contribution in [2.45, 2.75) is 13.2 Å². The molecule has 0 aliphatic carbocycles. The number of aromatic nitrogens is 2. The number of amides is 1. The summed E-state index contributed by atoms with van der Waals surface area (Å²) in [7, 11) is 1.71. The predicted octanol–water partition coefficient (Wildman–Crippen LogP) is 4.27. The van der Waals surface area contributed by atoms with Crippen LogP contribution in [0.4, 0.5) is 5.69 Å². The van der Waals surface area contributed by atoms with E-state index in [1.807, 2.05) is 54.6 Å². The Morgan fingerprint density at radius 1 is 1.13 bits per heavy atom. The topological polar surface area (TPSA) is 81.6 Å². The van der Waals surface area contributed by atoms with E-state index in [2.05, 4.69) is 15.4 Å². The third kappa shape index (κ3) is 5.08. The highest BCUT2D eigenvalue weighted by molar-refractivity contribution is 5.98. The molecule has 0 fully saturated rings. The number of nitrogens with one attached hydrogen (secondary N) is 1. The van der Waals surface area contributed by atoms with Crippen LogP contribution in [-0.4, -0.2) is 21.9 Å². The van der Waals surface area contributed by atoms with Crippen molar-refractivity contribution < 1.29 is 13.9 Å². The number of benzene rings is 2. The summed E-state index contributed by atoms with van der Waals surface area (Å²) >= 11 is 0. The summed E-state index contributed by atoms with van der Waals surface area (Å²) in [4.78, 5) is 17.2. The molecule has 0 saturated carbocycles. The van der Waals surface area contributed by atoms with Crippen LogP contribution in [0.1, 0.15) is 27.4 Å². The minimum atomic E-state index is -0.280. The van der Waals surface area contributed by atoms with Gasteiger partial charge in [0.15, 0.2) is 5.69 Å². The summed E-state index contributed by atoms with van der Waals surface area (Å²) in [5.74, 6) is 1.10. The Kier molecular flexibility index (Phi) is 6.23. The number of nitrogens with zero attached hydrogens (tertiary/aromatic N) is 3. The zero-order valence-electron chi connectivity index (χ0n) is 17.1. The lowest BCUT2D eigenvalue weighted by Gasteiger charge is -2.09. The Labute approximate surface area is 180 Å². The molecule has 0 radical (unpaired) electrons. The van der Waals surface area contributed by atoms with Crippen LogP contribution in [0.25, 0.3) is 0 Å². The van der Waals surface area contributed by atoms with Gasteiger partial charge in [0, 0.05) is 18.8 Å². The van der Waals surface area contributed by atoms with Gasteiger partial charge in [-0.15, -0.1) is 0 Å². The lowest BCUT2D eigenvalue weighted by Crippen LogP contribution is -2.25. The lowest BCUT2D eigenvalue weighted by molar-refractivity contribution is 0.0939. The number of carbonyl (C=O) groups excluding carboxylic acids is 1. The van der Waals surface area contributed by atoms with Gasteiger partial charge in [0.05, 0.1) is 19.0 Å². The molecule has 2 aromatic carbocycles. The number of carbonyl (C=O) groups is 1. The van der Waals surface area contributed by atoms with E-state index in [4.69, 9.17) is 9.15 Å². The molecule has 0 bridgehead atoms. The third-order valence-corrected chi connectivity index (χ3v) is 4.64. The Morgan fingerprint density at radius 2 is 1.94 bits per heavy atom. The molecule has 4 aromatic rings. The summed E-state index contributed by atoms with van der Waals surface area (Å²) in [6.07, 6.45) is 4.81. The molecule has 7 nitrogen and oxygen atoms in total. The van der Waals surface area contributed by atoms with Crippen molar-refractivity contribution in [3.8, 4) is 5.75 Å². The maximum Gasteiger partial charge on any atom is 0.272 e.